The first-order valence-electron chi connectivity index (χ1n) is 6.88. The zero-order valence-corrected chi connectivity index (χ0v) is 13.1. The smallest absolute Gasteiger partial charge is 0.321 e. The van der Waals surface area contributed by atoms with Crippen molar-refractivity contribution in [1.82, 2.24) is 4.90 Å². The van der Waals surface area contributed by atoms with Crippen molar-refractivity contribution in [2.45, 2.75) is 24.7 Å². The number of benzene rings is 1. The Labute approximate surface area is 128 Å². The van der Waals surface area contributed by atoms with E-state index in [-0.39, 0.29) is 12.6 Å². The van der Waals surface area contributed by atoms with E-state index in [0.717, 1.165) is 10.6 Å². The topological polar surface area (TPSA) is 69.6 Å². The minimum atomic E-state index is -0.853. The number of piperidine rings is 1. The van der Waals surface area contributed by atoms with Gasteiger partial charge in [0.15, 0.2) is 0 Å². The highest BCUT2D eigenvalue weighted by Gasteiger charge is 2.39. The highest BCUT2D eigenvalue weighted by atomic mass is 32.2. The highest BCUT2D eigenvalue weighted by Crippen LogP contribution is 2.31. The van der Waals surface area contributed by atoms with Gasteiger partial charge >= 0.3 is 12.0 Å². The number of carboxylic acid groups (broad SMARTS) is 1. The molecule has 21 heavy (non-hydrogen) atoms. The molecule has 6 heteroatoms. The summed E-state index contributed by atoms with van der Waals surface area (Å²) in [4.78, 5) is 26.3. The molecule has 1 aromatic carbocycles. The number of aliphatic carboxylic acids is 1. The van der Waals surface area contributed by atoms with Crippen molar-refractivity contribution < 1.29 is 14.7 Å². The Morgan fingerprint density at radius 1 is 1.38 bits per heavy atom. The summed E-state index contributed by atoms with van der Waals surface area (Å²) >= 11 is 1.56. The van der Waals surface area contributed by atoms with Gasteiger partial charge in [0.05, 0.1) is 11.1 Å². The summed E-state index contributed by atoms with van der Waals surface area (Å²) in [5.41, 5.74) is -0.0909. The summed E-state index contributed by atoms with van der Waals surface area (Å²) in [6, 6.07) is 7.35. The van der Waals surface area contributed by atoms with Crippen molar-refractivity contribution in [3.63, 3.8) is 0 Å². The number of nitrogens with zero attached hydrogens (tertiary/aromatic N) is 1. The molecule has 0 aliphatic carbocycles. The van der Waals surface area contributed by atoms with Crippen LogP contribution in [-0.4, -0.2) is 41.4 Å². The van der Waals surface area contributed by atoms with E-state index in [0.29, 0.717) is 19.4 Å². The molecule has 0 bridgehead atoms. The van der Waals surface area contributed by atoms with Gasteiger partial charge < -0.3 is 15.3 Å². The Bertz CT molecular complexity index is 549. The Morgan fingerprint density at radius 2 is 2.10 bits per heavy atom. The minimum Gasteiger partial charge on any atom is -0.481 e. The van der Waals surface area contributed by atoms with Crippen LogP contribution in [0.25, 0.3) is 0 Å². The van der Waals surface area contributed by atoms with Crippen LogP contribution in [0.3, 0.4) is 0 Å². The summed E-state index contributed by atoms with van der Waals surface area (Å²) in [6.45, 7) is 2.54. The number of anilines is 1. The van der Waals surface area contributed by atoms with E-state index in [4.69, 9.17) is 0 Å². The number of carboxylic acids is 1. The standard InChI is InChI=1S/C15H20N2O3S/c1-15(13(18)19)8-5-9-17(10-15)14(20)16-11-6-3-4-7-12(11)21-2/h3-4,6-7H,5,8-10H2,1-2H3,(H,16,20)(H,18,19). The molecule has 1 aromatic rings. The zero-order valence-electron chi connectivity index (χ0n) is 12.3. The van der Waals surface area contributed by atoms with E-state index < -0.39 is 11.4 Å². The highest BCUT2D eigenvalue weighted by molar-refractivity contribution is 7.98. The second-order valence-corrected chi connectivity index (χ2v) is 6.37. The summed E-state index contributed by atoms with van der Waals surface area (Å²) in [6.07, 6.45) is 3.27. The fraction of sp³-hybridized carbons (Fsp3) is 0.467. The molecule has 1 unspecified atom stereocenters. The van der Waals surface area contributed by atoms with Crippen molar-refractivity contribution in [3.05, 3.63) is 24.3 Å². The number of thioether (sulfide) groups is 1. The molecule has 0 spiro atoms. The molecule has 0 saturated carbocycles. The molecular weight excluding hydrogens is 288 g/mol. The van der Waals surface area contributed by atoms with Gasteiger partial charge in [-0.3, -0.25) is 4.79 Å². The molecule has 2 rings (SSSR count). The van der Waals surface area contributed by atoms with Crippen LogP contribution in [0.5, 0.6) is 0 Å². The molecule has 2 amide bonds. The quantitative estimate of drug-likeness (QED) is 0.842. The Kier molecular flexibility index (Phi) is 4.77. The number of urea groups is 1. The lowest BCUT2D eigenvalue weighted by atomic mass is 9.82. The monoisotopic (exact) mass is 308 g/mol. The molecule has 1 atom stereocenters. The average Bonchev–Trinajstić information content (AvgIpc) is 2.47. The summed E-state index contributed by atoms with van der Waals surface area (Å²) < 4.78 is 0. The molecule has 2 N–H and O–H groups in total. The molecule has 1 aliphatic heterocycles. The first kappa shape index (κ1) is 15.7. The summed E-state index contributed by atoms with van der Waals surface area (Å²) in [7, 11) is 0. The van der Waals surface area contributed by atoms with Crippen LogP contribution >= 0.6 is 11.8 Å². The first-order chi connectivity index (χ1) is 9.96. The van der Waals surface area contributed by atoms with Crippen LogP contribution in [0, 0.1) is 5.41 Å². The maximum absolute atomic E-state index is 12.4. The van der Waals surface area contributed by atoms with Gasteiger partial charge in [-0.15, -0.1) is 11.8 Å². The molecule has 1 aliphatic rings. The predicted octanol–water partition coefficient (Wildman–Crippen LogP) is 3.13. The predicted molar refractivity (Wildman–Crippen MR) is 83.8 cm³/mol. The fourth-order valence-corrected chi connectivity index (χ4v) is 3.08. The third-order valence-electron chi connectivity index (χ3n) is 3.85. The van der Waals surface area contributed by atoms with Crippen molar-refractivity contribution in [3.8, 4) is 0 Å². The second-order valence-electron chi connectivity index (χ2n) is 5.52. The van der Waals surface area contributed by atoms with E-state index >= 15 is 0 Å². The maximum atomic E-state index is 12.4. The van der Waals surface area contributed by atoms with Crippen molar-refractivity contribution in [2.75, 3.05) is 24.7 Å². The van der Waals surface area contributed by atoms with Crippen LogP contribution in [-0.2, 0) is 4.79 Å². The number of para-hydroxylation sites is 1. The van der Waals surface area contributed by atoms with E-state index in [2.05, 4.69) is 5.32 Å². The number of rotatable bonds is 3. The van der Waals surface area contributed by atoms with E-state index in [1.807, 2.05) is 30.5 Å². The Morgan fingerprint density at radius 3 is 2.76 bits per heavy atom. The van der Waals surface area contributed by atoms with Crippen molar-refractivity contribution in [1.29, 1.82) is 0 Å². The summed E-state index contributed by atoms with van der Waals surface area (Å²) in [5, 5.41) is 12.2. The van der Waals surface area contributed by atoms with E-state index in [9.17, 15) is 14.7 Å². The fourth-order valence-electron chi connectivity index (χ4n) is 2.53. The van der Waals surface area contributed by atoms with E-state index in [1.54, 1.807) is 23.6 Å². The van der Waals surface area contributed by atoms with Gasteiger partial charge in [-0.05, 0) is 38.2 Å². The zero-order chi connectivity index (χ0) is 15.5. The molecule has 5 nitrogen and oxygen atoms in total. The van der Waals surface area contributed by atoms with Gasteiger partial charge in [-0.2, -0.15) is 0 Å². The molecule has 1 fully saturated rings. The number of hydrogen-bond donors (Lipinski definition) is 2. The molecule has 0 aromatic heterocycles. The average molecular weight is 308 g/mol. The lowest BCUT2D eigenvalue weighted by Crippen LogP contribution is -2.49. The van der Waals surface area contributed by atoms with Crippen LogP contribution in [0.15, 0.2) is 29.2 Å². The van der Waals surface area contributed by atoms with Crippen molar-refractivity contribution in [2.24, 2.45) is 5.41 Å². The maximum Gasteiger partial charge on any atom is 0.321 e. The molecular formula is C15H20N2O3S. The third-order valence-corrected chi connectivity index (χ3v) is 4.64. The van der Waals surface area contributed by atoms with Crippen LogP contribution < -0.4 is 5.32 Å². The Balaban J connectivity index is 2.08. The van der Waals surface area contributed by atoms with Gasteiger partial charge in [0.2, 0.25) is 0 Å². The SMILES string of the molecule is CSc1ccccc1NC(=O)N1CCCC(C)(C(=O)O)C1. The number of amides is 2. The Hall–Kier alpha value is -1.69. The molecule has 114 valence electrons. The molecule has 1 saturated heterocycles. The van der Waals surface area contributed by atoms with Gasteiger partial charge in [0.1, 0.15) is 0 Å². The number of carbonyl (C=O) groups excluding carboxylic acids is 1. The van der Waals surface area contributed by atoms with Gasteiger partial charge in [-0.25, -0.2) is 4.79 Å². The first-order valence-corrected chi connectivity index (χ1v) is 8.11. The van der Waals surface area contributed by atoms with Crippen LogP contribution in [0.4, 0.5) is 10.5 Å². The van der Waals surface area contributed by atoms with Crippen LogP contribution in [0.2, 0.25) is 0 Å². The van der Waals surface area contributed by atoms with Gasteiger partial charge in [-0.1, -0.05) is 12.1 Å². The van der Waals surface area contributed by atoms with Crippen molar-refractivity contribution >= 4 is 29.4 Å². The normalized spacial score (nSPS) is 21.9. The molecule has 1 heterocycles. The lowest BCUT2D eigenvalue weighted by Gasteiger charge is -2.37. The van der Waals surface area contributed by atoms with Gasteiger partial charge in [0.25, 0.3) is 0 Å². The number of hydrogen-bond acceptors (Lipinski definition) is 3. The number of carbonyl (C=O) groups is 2. The minimum absolute atomic E-state index is 0.233. The number of likely N-dealkylation sites (tertiary alicyclic amines) is 1. The molecule has 0 radical (unpaired) electrons. The third kappa shape index (κ3) is 3.50. The number of nitrogens with one attached hydrogen (secondary N) is 1. The van der Waals surface area contributed by atoms with Crippen LogP contribution in [0.1, 0.15) is 19.8 Å². The lowest BCUT2D eigenvalue weighted by molar-refractivity contribution is -0.150. The largest absolute Gasteiger partial charge is 0.481 e. The van der Waals surface area contributed by atoms with E-state index in [1.165, 1.54) is 0 Å². The summed E-state index contributed by atoms with van der Waals surface area (Å²) in [5.74, 6) is -0.843. The van der Waals surface area contributed by atoms with Gasteiger partial charge in [0, 0.05) is 18.0 Å². The second kappa shape index (κ2) is 6.39.